The van der Waals surface area contributed by atoms with Crippen LogP contribution in [0.5, 0.6) is 0 Å². The van der Waals surface area contributed by atoms with Crippen molar-refractivity contribution < 1.29 is 4.39 Å². The van der Waals surface area contributed by atoms with Crippen LogP contribution < -0.4 is 11.1 Å². The summed E-state index contributed by atoms with van der Waals surface area (Å²) in [5, 5.41) is 3.78. The average Bonchev–Trinajstić information content (AvgIpc) is 2.43. The topological polar surface area (TPSA) is 38.0 Å². The molecule has 0 aromatic heterocycles. The molecule has 3 N–H and O–H groups in total. The first-order chi connectivity index (χ1) is 9.88. The van der Waals surface area contributed by atoms with Crippen LogP contribution in [0.2, 0.25) is 5.02 Å². The van der Waals surface area contributed by atoms with E-state index < -0.39 is 0 Å². The van der Waals surface area contributed by atoms with Crippen LogP contribution in [0.1, 0.15) is 29.7 Å². The minimum atomic E-state index is -0.212. The standard InChI is InChI=1S/C16H16ClFN2S/c1-9-3-4-11(8-14(9)18)10(2)20-15-6-5-12(16(19)21)7-13(15)17/h3-8,10,20H,1-2H3,(H2,19,21). The molecular weight excluding hydrogens is 307 g/mol. The van der Waals surface area contributed by atoms with E-state index >= 15 is 0 Å². The highest BCUT2D eigenvalue weighted by Gasteiger charge is 2.10. The molecule has 2 aromatic rings. The molecule has 0 aliphatic carbocycles. The summed E-state index contributed by atoms with van der Waals surface area (Å²) in [5.41, 5.74) is 8.52. The molecule has 21 heavy (non-hydrogen) atoms. The summed E-state index contributed by atoms with van der Waals surface area (Å²) in [4.78, 5) is 0.303. The Morgan fingerprint density at radius 2 is 2.00 bits per heavy atom. The van der Waals surface area contributed by atoms with E-state index in [0.29, 0.717) is 15.6 Å². The molecule has 0 fully saturated rings. The molecule has 1 atom stereocenters. The van der Waals surface area contributed by atoms with Gasteiger partial charge in [0.15, 0.2) is 0 Å². The molecule has 2 rings (SSSR count). The largest absolute Gasteiger partial charge is 0.389 e. The first-order valence-electron chi connectivity index (χ1n) is 6.50. The van der Waals surface area contributed by atoms with E-state index in [4.69, 9.17) is 29.6 Å². The normalized spacial score (nSPS) is 12.0. The van der Waals surface area contributed by atoms with Crippen LogP contribution in [-0.2, 0) is 0 Å². The van der Waals surface area contributed by atoms with Crippen molar-refractivity contribution in [1.29, 1.82) is 0 Å². The van der Waals surface area contributed by atoms with Crippen molar-refractivity contribution in [2.24, 2.45) is 5.73 Å². The molecule has 2 nitrogen and oxygen atoms in total. The van der Waals surface area contributed by atoms with Gasteiger partial charge in [-0.3, -0.25) is 0 Å². The summed E-state index contributed by atoms with van der Waals surface area (Å²) in [7, 11) is 0. The summed E-state index contributed by atoms with van der Waals surface area (Å²) in [6, 6.07) is 10.5. The van der Waals surface area contributed by atoms with E-state index in [-0.39, 0.29) is 11.9 Å². The Morgan fingerprint density at radius 3 is 2.57 bits per heavy atom. The van der Waals surface area contributed by atoms with Crippen LogP contribution in [0.25, 0.3) is 0 Å². The zero-order chi connectivity index (χ0) is 15.6. The summed E-state index contributed by atoms with van der Waals surface area (Å²) in [6.07, 6.45) is 0. The van der Waals surface area contributed by atoms with Crippen molar-refractivity contribution in [2.45, 2.75) is 19.9 Å². The molecule has 110 valence electrons. The van der Waals surface area contributed by atoms with Gasteiger partial charge in [0.05, 0.1) is 10.7 Å². The molecular formula is C16H16ClFN2S. The minimum absolute atomic E-state index is 0.0757. The Morgan fingerprint density at radius 1 is 1.29 bits per heavy atom. The molecule has 5 heteroatoms. The molecule has 0 saturated heterocycles. The van der Waals surface area contributed by atoms with Crippen molar-refractivity contribution in [3.8, 4) is 0 Å². The molecule has 0 radical (unpaired) electrons. The van der Waals surface area contributed by atoms with Gasteiger partial charge in [0.25, 0.3) is 0 Å². The van der Waals surface area contributed by atoms with Gasteiger partial charge in [-0.05, 0) is 49.2 Å². The lowest BCUT2D eigenvalue weighted by molar-refractivity contribution is 0.614. The van der Waals surface area contributed by atoms with E-state index in [1.165, 1.54) is 6.07 Å². The van der Waals surface area contributed by atoms with Gasteiger partial charge in [-0.25, -0.2) is 4.39 Å². The number of halogens is 2. The van der Waals surface area contributed by atoms with Gasteiger partial charge in [0.2, 0.25) is 0 Å². The highest BCUT2D eigenvalue weighted by atomic mass is 35.5. The van der Waals surface area contributed by atoms with Crippen molar-refractivity contribution in [3.63, 3.8) is 0 Å². The minimum Gasteiger partial charge on any atom is -0.389 e. The monoisotopic (exact) mass is 322 g/mol. The molecule has 0 amide bonds. The Hall–Kier alpha value is -1.65. The zero-order valence-corrected chi connectivity index (χ0v) is 13.4. The smallest absolute Gasteiger partial charge is 0.126 e. The quantitative estimate of drug-likeness (QED) is 0.808. The maximum atomic E-state index is 13.6. The Bertz CT molecular complexity index is 688. The third-order valence-corrected chi connectivity index (χ3v) is 3.87. The number of rotatable bonds is 4. The van der Waals surface area contributed by atoms with Crippen LogP contribution in [-0.4, -0.2) is 4.99 Å². The predicted molar refractivity (Wildman–Crippen MR) is 90.5 cm³/mol. The molecule has 0 aliphatic rings. The number of anilines is 1. The maximum absolute atomic E-state index is 13.6. The second-order valence-electron chi connectivity index (χ2n) is 4.93. The van der Waals surface area contributed by atoms with Crippen molar-refractivity contribution in [3.05, 3.63) is 63.9 Å². The number of hydrogen-bond donors (Lipinski definition) is 2. The van der Waals surface area contributed by atoms with Crippen molar-refractivity contribution >= 4 is 34.5 Å². The maximum Gasteiger partial charge on any atom is 0.126 e. The van der Waals surface area contributed by atoms with E-state index in [2.05, 4.69) is 5.32 Å². The van der Waals surface area contributed by atoms with Gasteiger partial charge >= 0.3 is 0 Å². The summed E-state index contributed by atoms with van der Waals surface area (Å²) in [5.74, 6) is -0.212. The van der Waals surface area contributed by atoms with Crippen molar-refractivity contribution in [1.82, 2.24) is 0 Å². The summed E-state index contributed by atoms with van der Waals surface area (Å²) in [6.45, 7) is 3.68. The first-order valence-corrected chi connectivity index (χ1v) is 7.29. The number of aryl methyl sites for hydroxylation is 1. The second kappa shape index (κ2) is 6.41. The lowest BCUT2D eigenvalue weighted by Crippen LogP contribution is -2.11. The fraction of sp³-hybridized carbons (Fsp3) is 0.188. The average molecular weight is 323 g/mol. The van der Waals surface area contributed by atoms with Gasteiger partial charge in [-0.15, -0.1) is 0 Å². The van der Waals surface area contributed by atoms with Crippen LogP contribution in [0.15, 0.2) is 36.4 Å². The fourth-order valence-electron chi connectivity index (χ4n) is 1.98. The Kier molecular flexibility index (Phi) is 4.80. The number of nitrogens with two attached hydrogens (primary N) is 1. The molecule has 0 heterocycles. The molecule has 0 aliphatic heterocycles. The molecule has 2 aromatic carbocycles. The first kappa shape index (κ1) is 15.7. The zero-order valence-electron chi connectivity index (χ0n) is 11.8. The molecule has 0 saturated carbocycles. The van der Waals surface area contributed by atoms with Crippen LogP contribution in [0, 0.1) is 12.7 Å². The Balaban J connectivity index is 2.21. The van der Waals surface area contributed by atoms with E-state index in [1.807, 2.05) is 19.1 Å². The van der Waals surface area contributed by atoms with Crippen molar-refractivity contribution in [2.75, 3.05) is 5.32 Å². The molecule has 0 spiro atoms. The lowest BCUT2D eigenvalue weighted by Gasteiger charge is -2.17. The predicted octanol–water partition coefficient (Wildman–Crippen LogP) is 4.59. The number of hydrogen-bond acceptors (Lipinski definition) is 2. The highest BCUT2D eigenvalue weighted by Crippen LogP contribution is 2.27. The summed E-state index contributed by atoms with van der Waals surface area (Å²) >= 11 is 11.1. The van der Waals surface area contributed by atoms with E-state index in [1.54, 1.807) is 25.1 Å². The summed E-state index contributed by atoms with van der Waals surface area (Å²) < 4.78 is 13.6. The Labute approximate surface area is 134 Å². The van der Waals surface area contributed by atoms with Gasteiger partial charge in [-0.2, -0.15) is 0 Å². The van der Waals surface area contributed by atoms with Crippen LogP contribution in [0.4, 0.5) is 10.1 Å². The third-order valence-electron chi connectivity index (χ3n) is 3.32. The van der Waals surface area contributed by atoms with Gasteiger partial charge in [0.1, 0.15) is 10.8 Å². The van der Waals surface area contributed by atoms with E-state index in [0.717, 1.165) is 16.8 Å². The number of nitrogens with one attached hydrogen (secondary N) is 1. The highest BCUT2D eigenvalue weighted by molar-refractivity contribution is 7.80. The number of thiocarbonyl (C=S) groups is 1. The molecule has 0 bridgehead atoms. The fourth-order valence-corrected chi connectivity index (χ4v) is 2.34. The van der Waals surface area contributed by atoms with Crippen LogP contribution in [0.3, 0.4) is 0 Å². The lowest BCUT2D eigenvalue weighted by atomic mass is 10.1. The van der Waals surface area contributed by atoms with Gasteiger partial charge in [0, 0.05) is 11.6 Å². The molecule has 1 unspecified atom stereocenters. The third kappa shape index (κ3) is 3.71. The van der Waals surface area contributed by atoms with Gasteiger partial charge < -0.3 is 11.1 Å². The second-order valence-corrected chi connectivity index (χ2v) is 5.78. The number of benzene rings is 2. The van der Waals surface area contributed by atoms with Crippen LogP contribution >= 0.6 is 23.8 Å². The SMILES string of the molecule is Cc1ccc(C(C)Nc2ccc(C(N)=S)cc2Cl)cc1F. The van der Waals surface area contributed by atoms with E-state index in [9.17, 15) is 4.39 Å². The van der Waals surface area contributed by atoms with Gasteiger partial charge in [-0.1, -0.05) is 36.0 Å².